The van der Waals surface area contributed by atoms with Gasteiger partial charge in [-0.2, -0.15) is 13.2 Å². The van der Waals surface area contributed by atoms with Crippen molar-refractivity contribution in [2.75, 3.05) is 13.2 Å². The van der Waals surface area contributed by atoms with E-state index in [9.17, 15) is 18.0 Å². The number of carbonyl (C=O) groups is 1. The largest absolute Gasteiger partial charge is 0.493 e. The number of amides is 1. The Labute approximate surface area is 121 Å². The fourth-order valence-corrected chi connectivity index (χ4v) is 1.88. The molecule has 7 heteroatoms. The first-order valence-corrected chi connectivity index (χ1v) is 6.54. The molecule has 1 atom stereocenters. The Bertz CT molecular complexity index is 491. The third-order valence-electron chi connectivity index (χ3n) is 3.16. The monoisotopic (exact) mass is 304 g/mol. The van der Waals surface area contributed by atoms with Crippen molar-refractivity contribution >= 4 is 5.91 Å². The fourth-order valence-electron chi connectivity index (χ4n) is 1.88. The maximum absolute atomic E-state index is 12.8. The van der Waals surface area contributed by atoms with Crippen molar-refractivity contribution in [1.29, 1.82) is 0 Å². The third-order valence-corrected chi connectivity index (χ3v) is 3.16. The second-order valence-corrected chi connectivity index (χ2v) is 4.82. The van der Waals surface area contributed by atoms with Gasteiger partial charge >= 0.3 is 6.18 Å². The van der Waals surface area contributed by atoms with Crippen LogP contribution in [-0.4, -0.2) is 24.6 Å². The van der Waals surface area contributed by atoms with Gasteiger partial charge < -0.3 is 15.8 Å². The van der Waals surface area contributed by atoms with Crippen molar-refractivity contribution in [2.45, 2.75) is 32.0 Å². The summed E-state index contributed by atoms with van der Waals surface area (Å²) in [5.74, 6) is -0.828. The van der Waals surface area contributed by atoms with Gasteiger partial charge in [0.05, 0.1) is 17.7 Å². The summed E-state index contributed by atoms with van der Waals surface area (Å²) in [5, 5.41) is 2.91. The lowest BCUT2D eigenvalue weighted by Gasteiger charge is -2.27. The minimum Gasteiger partial charge on any atom is -0.493 e. The number of para-hydroxylation sites is 1. The van der Waals surface area contributed by atoms with Crippen LogP contribution in [-0.2, 0) is 11.0 Å². The lowest BCUT2D eigenvalue weighted by atomic mass is 9.97. The molecule has 0 saturated heterocycles. The van der Waals surface area contributed by atoms with Gasteiger partial charge in [0.15, 0.2) is 0 Å². The van der Waals surface area contributed by atoms with Gasteiger partial charge in [0, 0.05) is 6.42 Å². The number of likely N-dealkylation sites (N-methyl/N-ethyl adjacent to an activating group) is 1. The maximum atomic E-state index is 12.8. The summed E-state index contributed by atoms with van der Waals surface area (Å²) in [5.41, 5.74) is 3.45. The van der Waals surface area contributed by atoms with E-state index in [-0.39, 0.29) is 18.8 Å². The van der Waals surface area contributed by atoms with Crippen LogP contribution in [0.5, 0.6) is 5.75 Å². The number of hydrogen-bond acceptors (Lipinski definition) is 3. The van der Waals surface area contributed by atoms with Crippen molar-refractivity contribution in [3.63, 3.8) is 0 Å². The highest BCUT2D eigenvalue weighted by Gasteiger charge is 2.34. The van der Waals surface area contributed by atoms with Crippen LogP contribution in [0.25, 0.3) is 0 Å². The van der Waals surface area contributed by atoms with Crippen LogP contribution >= 0.6 is 0 Å². The number of rotatable bonds is 7. The molecule has 4 nitrogen and oxygen atoms in total. The lowest BCUT2D eigenvalue weighted by molar-refractivity contribution is -0.139. The molecule has 1 amide bonds. The zero-order valence-corrected chi connectivity index (χ0v) is 12.0. The average molecular weight is 304 g/mol. The van der Waals surface area contributed by atoms with E-state index in [0.29, 0.717) is 6.54 Å². The normalized spacial score (nSPS) is 14.5. The van der Waals surface area contributed by atoms with Crippen LogP contribution in [0.1, 0.15) is 25.8 Å². The molecule has 0 heterocycles. The number of halogens is 3. The van der Waals surface area contributed by atoms with E-state index < -0.39 is 23.2 Å². The predicted octanol–water partition coefficient (Wildman–Crippen LogP) is 2.33. The predicted molar refractivity (Wildman–Crippen MR) is 72.8 cm³/mol. The number of nitrogens with two attached hydrogens (primary N) is 1. The molecule has 21 heavy (non-hydrogen) atoms. The van der Waals surface area contributed by atoms with Crippen LogP contribution < -0.4 is 15.8 Å². The van der Waals surface area contributed by atoms with E-state index in [4.69, 9.17) is 10.5 Å². The number of alkyl halides is 3. The number of hydrogen-bond donors (Lipinski definition) is 2. The van der Waals surface area contributed by atoms with Crippen molar-refractivity contribution in [2.24, 2.45) is 5.73 Å². The van der Waals surface area contributed by atoms with Crippen LogP contribution in [0.15, 0.2) is 24.3 Å². The van der Waals surface area contributed by atoms with Gasteiger partial charge in [0.2, 0.25) is 5.91 Å². The minimum absolute atomic E-state index is 0.0560. The Kier molecular flexibility index (Phi) is 5.60. The second kappa shape index (κ2) is 6.80. The van der Waals surface area contributed by atoms with E-state index >= 15 is 0 Å². The standard InChI is InChI=1S/C14H19F3N2O2/c1-3-19-13(2,12(18)20)8-9-21-11-7-5-4-6-10(11)14(15,16)17/h4-7,19H,3,8-9H2,1-2H3,(H2,18,20). The SMILES string of the molecule is CCNC(C)(CCOc1ccccc1C(F)(F)F)C(N)=O. The second-order valence-electron chi connectivity index (χ2n) is 4.82. The number of primary amides is 1. The first-order valence-electron chi connectivity index (χ1n) is 6.54. The molecule has 0 fully saturated rings. The zero-order chi connectivity index (χ0) is 16.1. The van der Waals surface area contributed by atoms with E-state index in [2.05, 4.69) is 5.32 Å². The molecule has 0 aliphatic carbocycles. The van der Waals surface area contributed by atoms with Gasteiger partial charge in [-0.25, -0.2) is 0 Å². The van der Waals surface area contributed by atoms with E-state index in [1.54, 1.807) is 13.8 Å². The topological polar surface area (TPSA) is 64.3 Å². The summed E-state index contributed by atoms with van der Waals surface area (Å²) in [7, 11) is 0. The molecule has 0 radical (unpaired) electrons. The van der Waals surface area contributed by atoms with Crippen LogP contribution in [0, 0.1) is 0 Å². The fraction of sp³-hybridized carbons (Fsp3) is 0.500. The molecule has 1 aromatic carbocycles. The quantitative estimate of drug-likeness (QED) is 0.812. The number of carbonyl (C=O) groups excluding carboxylic acids is 1. The Morgan fingerprint density at radius 1 is 1.33 bits per heavy atom. The highest BCUT2D eigenvalue weighted by Crippen LogP contribution is 2.36. The molecular formula is C14H19F3N2O2. The number of ether oxygens (including phenoxy) is 1. The zero-order valence-electron chi connectivity index (χ0n) is 12.0. The lowest BCUT2D eigenvalue weighted by Crippen LogP contribution is -2.53. The molecular weight excluding hydrogens is 285 g/mol. The molecule has 0 saturated carbocycles. The average Bonchev–Trinajstić information content (AvgIpc) is 2.38. The Morgan fingerprint density at radius 3 is 2.48 bits per heavy atom. The van der Waals surface area contributed by atoms with Crippen molar-refractivity contribution in [3.8, 4) is 5.75 Å². The molecule has 0 bridgehead atoms. The Hall–Kier alpha value is -1.76. The third kappa shape index (κ3) is 4.63. The molecule has 3 N–H and O–H groups in total. The number of benzene rings is 1. The van der Waals surface area contributed by atoms with E-state index in [1.165, 1.54) is 18.2 Å². The van der Waals surface area contributed by atoms with Gasteiger partial charge in [-0.15, -0.1) is 0 Å². The van der Waals surface area contributed by atoms with Crippen LogP contribution in [0.2, 0.25) is 0 Å². The highest BCUT2D eigenvalue weighted by atomic mass is 19.4. The summed E-state index contributed by atoms with van der Waals surface area (Å²) < 4.78 is 43.6. The molecule has 0 spiro atoms. The summed E-state index contributed by atoms with van der Waals surface area (Å²) in [6.07, 6.45) is -4.31. The maximum Gasteiger partial charge on any atom is 0.419 e. The van der Waals surface area contributed by atoms with Gasteiger partial charge in [-0.05, 0) is 25.6 Å². The van der Waals surface area contributed by atoms with Crippen LogP contribution in [0.3, 0.4) is 0 Å². The molecule has 1 aromatic rings. The van der Waals surface area contributed by atoms with Gasteiger partial charge in [-0.1, -0.05) is 19.1 Å². The van der Waals surface area contributed by atoms with E-state index in [1.807, 2.05) is 0 Å². The first kappa shape index (κ1) is 17.3. The molecule has 0 aliphatic rings. The number of nitrogens with one attached hydrogen (secondary N) is 1. The first-order chi connectivity index (χ1) is 9.70. The van der Waals surface area contributed by atoms with Gasteiger partial charge in [0.25, 0.3) is 0 Å². The summed E-state index contributed by atoms with van der Waals surface area (Å²) in [4.78, 5) is 11.4. The van der Waals surface area contributed by atoms with Crippen molar-refractivity contribution < 1.29 is 22.7 Å². The van der Waals surface area contributed by atoms with Crippen LogP contribution in [0.4, 0.5) is 13.2 Å². The highest BCUT2D eigenvalue weighted by molar-refractivity contribution is 5.84. The summed E-state index contributed by atoms with van der Waals surface area (Å²) >= 11 is 0. The molecule has 0 aliphatic heterocycles. The Balaban J connectivity index is 2.74. The molecule has 118 valence electrons. The molecule has 1 rings (SSSR count). The summed E-state index contributed by atoms with van der Waals surface area (Å²) in [6.45, 7) is 3.86. The Morgan fingerprint density at radius 2 is 1.95 bits per heavy atom. The molecule has 0 aromatic heterocycles. The summed E-state index contributed by atoms with van der Waals surface area (Å²) in [6, 6.07) is 4.95. The van der Waals surface area contributed by atoms with Crippen molar-refractivity contribution in [3.05, 3.63) is 29.8 Å². The van der Waals surface area contributed by atoms with E-state index in [0.717, 1.165) is 6.07 Å². The van der Waals surface area contributed by atoms with Gasteiger partial charge in [0.1, 0.15) is 5.75 Å². The van der Waals surface area contributed by atoms with Gasteiger partial charge in [-0.3, -0.25) is 4.79 Å². The molecule has 1 unspecified atom stereocenters. The minimum atomic E-state index is -4.48. The van der Waals surface area contributed by atoms with Crippen molar-refractivity contribution in [1.82, 2.24) is 5.32 Å². The smallest absolute Gasteiger partial charge is 0.419 e.